The quantitative estimate of drug-likeness (QED) is 0.751. The molecule has 0 aromatic carbocycles. The molecule has 0 radical (unpaired) electrons. The summed E-state index contributed by atoms with van der Waals surface area (Å²) in [5.41, 5.74) is 0. The molecule has 1 aliphatic heterocycles. The second-order valence-electron chi connectivity index (χ2n) is 6.12. The van der Waals surface area contributed by atoms with Crippen LogP contribution >= 0.6 is 0 Å². The summed E-state index contributed by atoms with van der Waals surface area (Å²) in [4.78, 5) is 37.5. The number of likely N-dealkylation sites (tertiary alicyclic amines) is 1. The van der Waals surface area contributed by atoms with E-state index in [2.05, 4.69) is 10.1 Å². The Kier molecular flexibility index (Phi) is 7.35. The summed E-state index contributed by atoms with van der Waals surface area (Å²) in [5.74, 6) is -0.493. The molecule has 2 amide bonds. The minimum Gasteiger partial charge on any atom is -0.469 e. The summed E-state index contributed by atoms with van der Waals surface area (Å²) in [6, 6.07) is -0.263. The van der Waals surface area contributed by atoms with Gasteiger partial charge in [0.05, 0.1) is 19.4 Å². The molecule has 3 unspecified atom stereocenters. The van der Waals surface area contributed by atoms with E-state index in [1.807, 2.05) is 13.8 Å². The van der Waals surface area contributed by atoms with Crippen molar-refractivity contribution >= 4 is 17.8 Å². The summed E-state index contributed by atoms with van der Waals surface area (Å²) in [6.45, 7) is 6.89. The zero-order valence-electron chi connectivity index (χ0n) is 14.1. The van der Waals surface area contributed by atoms with E-state index in [1.54, 1.807) is 11.8 Å². The van der Waals surface area contributed by atoms with Crippen LogP contribution in [0.25, 0.3) is 0 Å². The molecule has 6 nitrogen and oxygen atoms in total. The Labute approximate surface area is 132 Å². The number of nitrogens with one attached hydrogen (secondary N) is 1. The third kappa shape index (κ3) is 5.31. The fourth-order valence-corrected chi connectivity index (χ4v) is 2.62. The van der Waals surface area contributed by atoms with Crippen LogP contribution in [0.4, 0.5) is 0 Å². The molecule has 3 atom stereocenters. The summed E-state index contributed by atoms with van der Waals surface area (Å²) >= 11 is 0. The number of amides is 2. The van der Waals surface area contributed by atoms with Crippen molar-refractivity contribution in [2.45, 2.75) is 52.5 Å². The molecule has 1 N–H and O–H groups in total. The first kappa shape index (κ1) is 18.5. The van der Waals surface area contributed by atoms with Crippen LogP contribution in [-0.2, 0) is 19.1 Å². The molecule has 6 heteroatoms. The van der Waals surface area contributed by atoms with E-state index >= 15 is 0 Å². The van der Waals surface area contributed by atoms with Crippen LogP contribution in [0, 0.1) is 11.8 Å². The highest BCUT2D eigenvalue weighted by molar-refractivity contribution is 5.82. The van der Waals surface area contributed by atoms with Gasteiger partial charge in [-0.3, -0.25) is 14.4 Å². The first-order chi connectivity index (χ1) is 10.4. The number of nitrogens with zero attached hydrogens (tertiary/aromatic N) is 1. The monoisotopic (exact) mass is 312 g/mol. The predicted octanol–water partition coefficient (Wildman–Crippen LogP) is 1.34. The Morgan fingerprint density at radius 1 is 1.32 bits per heavy atom. The van der Waals surface area contributed by atoms with Gasteiger partial charge in [-0.25, -0.2) is 0 Å². The number of rotatable bonds is 6. The molecule has 0 saturated carbocycles. The van der Waals surface area contributed by atoms with Crippen LogP contribution in [0.1, 0.15) is 46.5 Å². The number of ether oxygens (including phenoxy) is 1. The Balaban J connectivity index is 2.52. The van der Waals surface area contributed by atoms with Crippen LogP contribution in [0.3, 0.4) is 0 Å². The maximum absolute atomic E-state index is 12.3. The van der Waals surface area contributed by atoms with Crippen molar-refractivity contribution in [3.8, 4) is 0 Å². The number of carbonyl (C=O) groups is 3. The van der Waals surface area contributed by atoms with Gasteiger partial charge in [-0.1, -0.05) is 13.8 Å². The molecule has 1 saturated heterocycles. The van der Waals surface area contributed by atoms with Crippen LogP contribution in [0.15, 0.2) is 0 Å². The molecular formula is C16H28N2O4. The molecule has 1 fully saturated rings. The van der Waals surface area contributed by atoms with Crippen LogP contribution < -0.4 is 5.32 Å². The Morgan fingerprint density at radius 3 is 2.59 bits per heavy atom. The van der Waals surface area contributed by atoms with Crippen molar-refractivity contribution in [1.82, 2.24) is 10.2 Å². The average molecular weight is 312 g/mol. The fraction of sp³-hybridized carbons (Fsp3) is 0.812. The lowest BCUT2D eigenvalue weighted by atomic mass is 9.95. The molecule has 0 bridgehead atoms. The number of carbonyl (C=O) groups excluding carboxylic acids is 3. The minimum atomic E-state index is -0.343. The maximum Gasteiger partial charge on any atom is 0.307 e. The standard InChI is InChI=1S/C16H28N2O4/c1-5-11(2)16(21)18-8-6-7-13(10-18)15(20)17-12(3)9-14(19)22-4/h11-13H,5-10H2,1-4H3,(H,17,20). The van der Waals surface area contributed by atoms with Gasteiger partial charge in [0, 0.05) is 25.0 Å². The number of piperidine rings is 1. The highest BCUT2D eigenvalue weighted by Gasteiger charge is 2.30. The SMILES string of the molecule is CCC(C)C(=O)N1CCCC(C(=O)NC(C)CC(=O)OC)C1. The lowest BCUT2D eigenvalue weighted by Crippen LogP contribution is -2.48. The lowest BCUT2D eigenvalue weighted by Gasteiger charge is -2.34. The van der Waals surface area contributed by atoms with E-state index in [4.69, 9.17) is 0 Å². The van der Waals surface area contributed by atoms with Gasteiger partial charge >= 0.3 is 5.97 Å². The van der Waals surface area contributed by atoms with Gasteiger partial charge in [0.25, 0.3) is 0 Å². The first-order valence-electron chi connectivity index (χ1n) is 8.05. The van der Waals surface area contributed by atoms with Crippen LogP contribution in [0.2, 0.25) is 0 Å². The van der Waals surface area contributed by atoms with E-state index in [0.717, 1.165) is 25.8 Å². The predicted molar refractivity (Wildman–Crippen MR) is 83.0 cm³/mol. The number of esters is 1. The van der Waals surface area contributed by atoms with Gasteiger partial charge in [-0.2, -0.15) is 0 Å². The third-order valence-corrected chi connectivity index (χ3v) is 4.23. The summed E-state index contributed by atoms with van der Waals surface area (Å²) in [5, 5.41) is 2.84. The van der Waals surface area contributed by atoms with Gasteiger partial charge in [-0.05, 0) is 26.2 Å². The Morgan fingerprint density at radius 2 is 2.00 bits per heavy atom. The van der Waals surface area contributed by atoms with Crippen molar-refractivity contribution < 1.29 is 19.1 Å². The van der Waals surface area contributed by atoms with Crippen LogP contribution in [0.5, 0.6) is 0 Å². The fourth-order valence-electron chi connectivity index (χ4n) is 2.62. The number of hydrogen-bond donors (Lipinski definition) is 1. The van der Waals surface area contributed by atoms with E-state index in [0.29, 0.717) is 6.54 Å². The largest absolute Gasteiger partial charge is 0.469 e. The minimum absolute atomic E-state index is 0.0000549. The summed E-state index contributed by atoms with van der Waals surface area (Å²) in [7, 11) is 1.33. The van der Waals surface area contributed by atoms with Crippen molar-refractivity contribution in [3.05, 3.63) is 0 Å². The molecule has 1 aliphatic rings. The maximum atomic E-state index is 12.3. The van der Waals surface area contributed by atoms with Crippen LogP contribution in [-0.4, -0.2) is 48.9 Å². The van der Waals surface area contributed by atoms with Crippen molar-refractivity contribution in [3.63, 3.8) is 0 Å². The molecule has 22 heavy (non-hydrogen) atoms. The van der Waals surface area contributed by atoms with Crippen molar-refractivity contribution in [2.24, 2.45) is 11.8 Å². The van der Waals surface area contributed by atoms with Crippen molar-refractivity contribution in [1.29, 1.82) is 0 Å². The van der Waals surface area contributed by atoms with Gasteiger partial charge in [0.2, 0.25) is 11.8 Å². The zero-order valence-corrected chi connectivity index (χ0v) is 14.1. The lowest BCUT2D eigenvalue weighted by molar-refractivity contribution is -0.141. The summed E-state index contributed by atoms with van der Waals surface area (Å²) in [6.07, 6.45) is 2.58. The molecule has 0 aromatic heterocycles. The number of hydrogen-bond acceptors (Lipinski definition) is 4. The van der Waals surface area contributed by atoms with E-state index in [1.165, 1.54) is 7.11 Å². The van der Waals surface area contributed by atoms with Gasteiger partial charge in [0.15, 0.2) is 0 Å². The molecule has 0 spiro atoms. The van der Waals surface area contributed by atoms with E-state index in [-0.39, 0.29) is 42.1 Å². The molecular weight excluding hydrogens is 284 g/mol. The molecule has 0 aromatic rings. The molecule has 0 aliphatic carbocycles. The average Bonchev–Trinajstić information content (AvgIpc) is 2.53. The van der Waals surface area contributed by atoms with E-state index in [9.17, 15) is 14.4 Å². The second kappa shape index (κ2) is 8.76. The zero-order chi connectivity index (χ0) is 16.7. The third-order valence-electron chi connectivity index (χ3n) is 4.23. The molecule has 1 heterocycles. The van der Waals surface area contributed by atoms with Crippen molar-refractivity contribution in [2.75, 3.05) is 20.2 Å². The second-order valence-corrected chi connectivity index (χ2v) is 6.12. The smallest absolute Gasteiger partial charge is 0.307 e. The van der Waals surface area contributed by atoms with Gasteiger partial charge in [-0.15, -0.1) is 0 Å². The molecule has 126 valence electrons. The normalized spacial score (nSPS) is 20.9. The molecule has 1 rings (SSSR count). The first-order valence-corrected chi connectivity index (χ1v) is 8.05. The Bertz CT molecular complexity index is 411. The summed E-state index contributed by atoms with van der Waals surface area (Å²) < 4.78 is 4.59. The number of methoxy groups -OCH3 is 1. The topological polar surface area (TPSA) is 75.7 Å². The highest BCUT2D eigenvalue weighted by atomic mass is 16.5. The Hall–Kier alpha value is -1.59. The van der Waals surface area contributed by atoms with Gasteiger partial charge < -0.3 is 15.0 Å². The highest BCUT2D eigenvalue weighted by Crippen LogP contribution is 2.19. The van der Waals surface area contributed by atoms with Gasteiger partial charge in [0.1, 0.15) is 0 Å². The van der Waals surface area contributed by atoms with E-state index < -0.39 is 0 Å².